The Hall–Kier alpha value is -5.50. The lowest BCUT2D eigenvalue weighted by Crippen LogP contribution is -2.32. The van der Waals surface area contributed by atoms with Crippen LogP contribution in [0.2, 0.25) is 0 Å². The third-order valence-electron chi connectivity index (χ3n) is 8.79. The summed E-state index contributed by atoms with van der Waals surface area (Å²) in [5.41, 5.74) is 1.77. The summed E-state index contributed by atoms with van der Waals surface area (Å²) in [6, 6.07) is -0.249. The van der Waals surface area contributed by atoms with Crippen molar-refractivity contribution < 1.29 is 38.4 Å². The van der Waals surface area contributed by atoms with Crippen LogP contribution in [0.5, 0.6) is 0 Å². The predicted octanol–water partition coefficient (Wildman–Crippen LogP) is 5.62. The fourth-order valence-electron chi connectivity index (χ4n) is 5.46. The van der Waals surface area contributed by atoms with Gasteiger partial charge in [0, 0.05) is 38.8 Å². The fourth-order valence-corrected chi connectivity index (χ4v) is 5.46. The molecule has 0 saturated carbocycles. The van der Waals surface area contributed by atoms with Crippen LogP contribution >= 0.6 is 0 Å². The first-order valence-corrected chi connectivity index (χ1v) is 22.0. The Balaban J connectivity index is 0.000000379. The molecule has 5 amide bonds. The molecule has 0 unspecified atom stereocenters. The SMILES string of the molecule is CC(C)CC1=NOC(=O)C1.CC(C)CCC1=NOC(=O)C1.CC(C)CCN1C(=O)CNC1=O.CC(C)CCc1nn[nH]n1.CC(C)CN1C(=O)CCC1=O.CC(C)Cc1nn[nH]n1. The van der Waals surface area contributed by atoms with Crippen LogP contribution in [0.4, 0.5) is 4.79 Å². The van der Waals surface area contributed by atoms with Gasteiger partial charge in [-0.1, -0.05) is 104 Å². The van der Waals surface area contributed by atoms with Crippen molar-refractivity contribution in [3.63, 3.8) is 0 Å². The summed E-state index contributed by atoms with van der Waals surface area (Å²) in [5.74, 6) is 4.45. The smallest absolute Gasteiger partial charge is 0.329 e. The van der Waals surface area contributed by atoms with Crippen molar-refractivity contribution in [3.05, 3.63) is 11.6 Å². The van der Waals surface area contributed by atoms with Crippen molar-refractivity contribution in [2.75, 3.05) is 19.6 Å². The van der Waals surface area contributed by atoms with Gasteiger partial charge in [-0.3, -0.25) is 24.2 Å². The van der Waals surface area contributed by atoms with E-state index in [0.717, 1.165) is 68.0 Å². The molecule has 0 atom stereocenters. The molecule has 2 aromatic rings. The van der Waals surface area contributed by atoms with Gasteiger partial charge in [-0.2, -0.15) is 10.4 Å². The lowest BCUT2D eigenvalue weighted by molar-refractivity contribution is -0.140. The van der Waals surface area contributed by atoms with E-state index in [1.54, 1.807) is 0 Å². The second-order valence-electron chi connectivity index (χ2n) is 18.0. The van der Waals surface area contributed by atoms with Crippen molar-refractivity contribution >= 4 is 47.1 Å². The molecule has 0 aliphatic carbocycles. The van der Waals surface area contributed by atoms with Crippen molar-refractivity contribution in [2.24, 2.45) is 45.8 Å². The summed E-state index contributed by atoms with van der Waals surface area (Å²) >= 11 is 0. The maximum atomic E-state index is 11.0. The van der Waals surface area contributed by atoms with Gasteiger partial charge in [0.1, 0.15) is 0 Å². The lowest BCUT2D eigenvalue weighted by Gasteiger charge is -2.15. The van der Waals surface area contributed by atoms with Gasteiger partial charge in [0.2, 0.25) is 17.7 Å². The highest BCUT2D eigenvalue weighted by Gasteiger charge is 2.29. The van der Waals surface area contributed by atoms with E-state index < -0.39 is 0 Å². The first kappa shape index (κ1) is 55.5. The molecular weight excluding hydrogens is 815 g/mol. The number of hydrogen-bond donors (Lipinski definition) is 3. The largest absolute Gasteiger partial charge is 0.340 e. The zero-order chi connectivity index (χ0) is 47.5. The Labute approximate surface area is 372 Å². The van der Waals surface area contributed by atoms with Crippen LogP contribution in [-0.4, -0.2) is 118 Å². The lowest BCUT2D eigenvalue weighted by atomic mass is 10.0. The number of oxime groups is 2. The molecule has 0 bridgehead atoms. The predicted molar refractivity (Wildman–Crippen MR) is 235 cm³/mol. The third-order valence-corrected chi connectivity index (χ3v) is 8.79. The van der Waals surface area contributed by atoms with Crippen LogP contribution in [0.15, 0.2) is 10.3 Å². The Bertz CT molecular complexity index is 1690. The number of imide groups is 2. The molecule has 6 rings (SSSR count). The number of amides is 5. The average molecular weight is 888 g/mol. The molecule has 6 heterocycles. The number of H-pyrrole nitrogens is 2. The Morgan fingerprint density at radius 3 is 1.43 bits per heavy atom. The molecule has 4 aliphatic heterocycles. The van der Waals surface area contributed by atoms with Gasteiger partial charge >= 0.3 is 18.0 Å². The van der Waals surface area contributed by atoms with Gasteiger partial charge in [-0.05, 0) is 67.6 Å². The minimum Gasteiger partial charge on any atom is -0.329 e. The quantitative estimate of drug-likeness (QED) is 0.111. The highest BCUT2D eigenvalue weighted by atomic mass is 16.7. The van der Waals surface area contributed by atoms with Crippen LogP contribution in [-0.2, 0) is 46.5 Å². The number of aromatic amines is 2. The molecule has 63 heavy (non-hydrogen) atoms. The average Bonchev–Trinajstić information content (AvgIpc) is 4.07. The number of nitrogens with zero attached hydrogens (tertiary/aromatic N) is 10. The summed E-state index contributed by atoms with van der Waals surface area (Å²) in [6.45, 7) is 26.5. The number of urea groups is 1. The summed E-state index contributed by atoms with van der Waals surface area (Å²) in [5, 5.41) is 36.8. The number of aryl methyl sites for hydroxylation is 1. The Kier molecular flexibility index (Phi) is 26.9. The molecular formula is C42H73N13O8. The molecule has 354 valence electrons. The minimum absolute atomic E-state index is 0.0105. The number of carbonyl (C=O) groups excluding carboxylic acids is 6. The summed E-state index contributed by atoms with van der Waals surface area (Å²) in [4.78, 5) is 76.6. The highest BCUT2D eigenvalue weighted by Crippen LogP contribution is 2.14. The van der Waals surface area contributed by atoms with Crippen molar-refractivity contribution in [1.29, 1.82) is 0 Å². The maximum absolute atomic E-state index is 11.0. The van der Waals surface area contributed by atoms with Crippen LogP contribution in [0, 0.1) is 35.5 Å². The fraction of sp³-hybridized carbons (Fsp3) is 0.762. The van der Waals surface area contributed by atoms with E-state index in [1.807, 2.05) is 13.8 Å². The molecule has 4 aliphatic rings. The first-order valence-electron chi connectivity index (χ1n) is 22.0. The van der Waals surface area contributed by atoms with Crippen molar-refractivity contribution in [3.8, 4) is 0 Å². The van der Waals surface area contributed by atoms with Gasteiger partial charge in [-0.15, -0.1) is 20.4 Å². The van der Waals surface area contributed by atoms with E-state index in [4.69, 9.17) is 0 Å². The van der Waals surface area contributed by atoms with Gasteiger partial charge < -0.3 is 15.0 Å². The zero-order valence-electron chi connectivity index (χ0n) is 39.6. The van der Waals surface area contributed by atoms with E-state index >= 15 is 0 Å². The van der Waals surface area contributed by atoms with E-state index in [9.17, 15) is 28.8 Å². The topological polar surface area (TPSA) is 273 Å². The third kappa shape index (κ3) is 26.6. The second kappa shape index (κ2) is 30.5. The number of likely N-dealkylation sites (tertiary alicyclic amines) is 1. The molecule has 0 radical (unpaired) electrons. The van der Waals surface area contributed by atoms with Crippen molar-refractivity contribution in [1.82, 2.24) is 56.4 Å². The van der Waals surface area contributed by atoms with E-state index in [0.29, 0.717) is 74.3 Å². The summed E-state index contributed by atoms with van der Waals surface area (Å²) in [6.07, 6.45) is 8.26. The van der Waals surface area contributed by atoms with E-state index in [2.05, 4.69) is 136 Å². The van der Waals surface area contributed by atoms with Crippen LogP contribution < -0.4 is 5.32 Å². The molecule has 0 spiro atoms. The summed E-state index contributed by atoms with van der Waals surface area (Å²) in [7, 11) is 0. The number of nitrogens with one attached hydrogen (secondary N) is 3. The molecule has 2 saturated heterocycles. The van der Waals surface area contributed by atoms with E-state index in [-0.39, 0.29) is 42.2 Å². The van der Waals surface area contributed by atoms with Crippen LogP contribution in [0.3, 0.4) is 0 Å². The minimum atomic E-state index is -0.249. The zero-order valence-corrected chi connectivity index (χ0v) is 39.6. The van der Waals surface area contributed by atoms with Gasteiger partial charge in [-0.25, -0.2) is 14.4 Å². The second-order valence-corrected chi connectivity index (χ2v) is 18.0. The Morgan fingerprint density at radius 1 is 0.540 bits per heavy atom. The monoisotopic (exact) mass is 888 g/mol. The molecule has 2 aromatic heterocycles. The molecule has 3 N–H and O–H groups in total. The molecule has 0 aromatic carbocycles. The van der Waals surface area contributed by atoms with Gasteiger partial charge in [0.15, 0.2) is 11.6 Å². The molecule has 21 heteroatoms. The normalized spacial score (nSPS) is 15.5. The number of aromatic nitrogens is 8. The number of carbonyl (C=O) groups is 6. The number of hydrogen-bond acceptors (Lipinski definition) is 16. The van der Waals surface area contributed by atoms with Crippen molar-refractivity contribution in [2.45, 2.75) is 154 Å². The van der Waals surface area contributed by atoms with Crippen LogP contribution in [0.1, 0.15) is 153 Å². The highest BCUT2D eigenvalue weighted by molar-refractivity contribution is 6.03. The van der Waals surface area contributed by atoms with Gasteiger partial charge in [0.25, 0.3) is 0 Å². The first-order chi connectivity index (χ1) is 29.7. The summed E-state index contributed by atoms with van der Waals surface area (Å²) < 4.78 is 0. The Morgan fingerprint density at radius 2 is 1.03 bits per heavy atom. The van der Waals surface area contributed by atoms with E-state index in [1.165, 1.54) is 9.80 Å². The van der Waals surface area contributed by atoms with Crippen LogP contribution in [0.25, 0.3) is 0 Å². The molecule has 2 fully saturated rings. The standard InChI is InChI=1S/C8H14N2O2.2C8H13NO2.C7H11NO2.C6H12N4.C5H10N4/c1-6(2)3-4-10-7(11)5-9-8(10)12;1-6(2)5-9-7(10)3-4-8(9)11;1-6(2)3-4-7-5-8(10)11-9-7;1-5(2)3-6-4-7(9)10-8-6;1-5(2)3-4-6-7-9-10-8-6;1-4(2)3-5-6-8-9-7-5/h6H,3-5H2,1-2H3,(H,9,12);2*6H,3-5H2,1-2H3;5H,3-4H2,1-2H3;5H,3-4H2,1-2H3,(H,7,8,9,10);4H,3H2,1-2H3,(H,6,7,8,9). The van der Waals surface area contributed by atoms with Gasteiger partial charge in [0.05, 0.1) is 30.8 Å². The number of rotatable bonds is 15. The maximum Gasteiger partial charge on any atom is 0.340 e. The number of tetrazole rings is 2. The molecule has 21 nitrogen and oxygen atoms in total.